The number of hydrogen-bond donors (Lipinski definition) is 2. The third-order valence-corrected chi connectivity index (χ3v) is 7.64. The molecule has 2 aromatic heterocycles. The molecule has 2 atom stereocenters. The normalized spacial score (nSPS) is 16.9. The molecule has 1 fully saturated rings. The standard InChI is InChI=1S/C31H33F3N8O.ClH/c1-19-5-8-24(12-27(19)40-30-37-10-9-26(39-30)23-13-35-18-36-14-23)38-29(43)21-6-7-22(25(11-21)31(32,33)34)16-42-15-20(2)28(17-42)41(3)4;/h5-14,18,20,28H,15-17H2,1-4H3,(H,38,43)(H,37,39,40);1H/t20-,28-;/m1./s1. The van der Waals surface area contributed by atoms with Gasteiger partial charge in [0.2, 0.25) is 5.95 Å². The highest BCUT2D eigenvalue weighted by atomic mass is 35.5. The number of nitrogens with zero attached hydrogens (tertiary/aromatic N) is 6. The summed E-state index contributed by atoms with van der Waals surface area (Å²) in [4.78, 5) is 34.1. The van der Waals surface area contributed by atoms with Crippen LogP contribution in [-0.4, -0.2) is 68.9 Å². The van der Waals surface area contributed by atoms with Gasteiger partial charge in [0.1, 0.15) is 6.33 Å². The molecule has 0 spiro atoms. The first-order valence-corrected chi connectivity index (χ1v) is 13.8. The molecule has 3 heterocycles. The number of alkyl halides is 3. The number of benzene rings is 2. The van der Waals surface area contributed by atoms with Crippen LogP contribution in [-0.2, 0) is 12.7 Å². The summed E-state index contributed by atoms with van der Waals surface area (Å²) in [7, 11) is 3.97. The zero-order valence-corrected chi connectivity index (χ0v) is 25.6. The molecular formula is C31H34ClF3N8O. The fourth-order valence-electron chi connectivity index (χ4n) is 5.38. The molecule has 1 aliphatic rings. The summed E-state index contributed by atoms with van der Waals surface area (Å²) >= 11 is 0. The van der Waals surface area contributed by atoms with Gasteiger partial charge >= 0.3 is 6.18 Å². The third kappa shape index (κ3) is 7.68. The van der Waals surface area contributed by atoms with Gasteiger partial charge < -0.3 is 15.5 Å². The Bertz CT molecular complexity index is 1600. The fraction of sp³-hybridized carbons (Fsp3) is 0.323. The van der Waals surface area contributed by atoms with Gasteiger partial charge in [0, 0.05) is 66.8 Å². The van der Waals surface area contributed by atoms with Gasteiger partial charge in [-0.25, -0.2) is 19.9 Å². The van der Waals surface area contributed by atoms with Crippen molar-refractivity contribution in [3.8, 4) is 11.3 Å². The minimum absolute atomic E-state index is 0. The Morgan fingerprint density at radius 2 is 1.82 bits per heavy atom. The number of likely N-dealkylation sites (N-methyl/N-ethyl adjacent to an activating group) is 1. The van der Waals surface area contributed by atoms with Gasteiger partial charge in [0.15, 0.2) is 0 Å². The number of rotatable bonds is 8. The average Bonchev–Trinajstić information content (AvgIpc) is 3.35. The number of nitrogens with one attached hydrogen (secondary N) is 2. The zero-order valence-electron chi connectivity index (χ0n) is 24.8. The SMILES string of the molecule is Cc1ccc(NC(=O)c2ccc(CN3C[C@@H](C)[C@H](N(C)C)C3)c(C(F)(F)F)c2)cc1Nc1nccc(-c2cncnc2)n1.Cl. The lowest BCUT2D eigenvalue weighted by Crippen LogP contribution is -2.34. The first kappa shape index (κ1) is 32.8. The number of carbonyl (C=O) groups excluding carboxylic acids is 1. The van der Waals surface area contributed by atoms with Crippen molar-refractivity contribution in [2.45, 2.75) is 32.6 Å². The van der Waals surface area contributed by atoms with Crippen molar-refractivity contribution in [3.05, 3.63) is 89.6 Å². The minimum Gasteiger partial charge on any atom is -0.324 e. The van der Waals surface area contributed by atoms with Crippen molar-refractivity contribution in [3.63, 3.8) is 0 Å². The quantitative estimate of drug-likeness (QED) is 0.244. The van der Waals surface area contributed by atoms with Gasteiger partial charge in [-0.05, 0) is 68.4 Å². The summed E-state index contributed by atoms with van der Waals surface area (Å²) in [5.74, 6) is 0.0246. The predicted octanol–water partition coefficient (Wildman–Crippen LogP) is 6.06. The van der Waals surface area contributed by atoms with E-state index in [1.807, 2.05) is 25.9 Å². The van der Waals surface area contributed by atoms with Crippen LogP contribution in [0.4, 0.5) is 30.5 Å². The Kier molecular flexibility index (Phi) is 10.2. The highest BCUT2D eigenvalue weighted by molar-refractivity contribution is 6.04. The molecule has 0 saturated carbocycles. The highest BCUT2D eigenvalue weighted by Gasteiger charge is 2.36. The van der Waals surface area contributed by atoms with Crippen LogP contribution in [0, 0.1) is 12.8 Å². The number of halogens is 4. The van der Waals surface area contributed by atoms with Crippen LogP contribution >= 0.6 is 12.4 Å². The molecule has 0 aliphatic carbocycles. The fourth-order valence-corrected chi connectivity index (χ4v) is 5.38. The Labute approximate surface area is 260 Å². The van der Waals surface area contributed by atoms with Crippen LogP contribution in [0.15, 0.2) is 67.4 Å². The minimum atomic E-state index is -4.60. The van der Waals surface area contributed by atoms with Crippen LogP contribution in [0.2, 0.25) is 0 Å². The number of likely N-dealkylation sites (tertiary alicyclic amines) is 1. The highest BCUT2D eigenvalue weighted by Crippen LogP contribution is 2.35. The van der Waals surface area contributed by atoms with Gasteiger partial charge in [0.05, 0.1) is 11.3 Å². The van der Waals surface area contributed by atoms with E-state index in [1.54, 1.807) is 42.9 Å². The van der Waals surface area contributed by atoms with Gasteiger partial charge in [-0.3, -0.25) is 9.69 Å². The largest absolute Gasteiger partial charge is 0.416 e. The molecule has 2 aromatic carbocycles. The number of aryl methyl sites for hydroxylation is 1. The van der Waals surface area contributed by atoms with Gasteiger partial charge in [-0.15, -0.1) is 12.4 Å². The van der Waals surface area contributed by atoms with Crippen molar-refractivity contribution in [2.75, 3.05) is 37.8 Å². The maximum Gasteiger partial charge on any atom is 0.416 e. The number of carbonyl (C=O) groups is 1. The molecule has 2 N–H and O–H groups in total. The summed E-state index contributed by atoms with van der Waals surface area (Å²) in [6, 6.07) is 11.0. The van der Waals surface area contributed by atoms with E-state index in [4.69, 9.17) is 0 Å². The Hall–Kier alpha value is -4.13. The zero-order chi connectivity index (χ0) is 30.7. The Morgan fingerprint density at radius 1 is 1.07 bits per heavy atom. The monoisotopic (exact) mass is 626 g/mol. The van der Waals surface area contributed by atoms with Crippen LogP contribution in [0.5, 0.6) is 0 Å². The number of amides is 1. The van der Waals surface area contributed by atoms with E-state index in [0.717, 1.165) is 17.2 Å². The molecule has 13 heteroatoms. The lowest BCUT2D eigenvalue weighted by atomic mass is 10.0. The summed E-state index contributed by atoms with van der Waals surface area (Å²) in [5, 5.41) is 5.87. The first-order valence-electron chi connectivity index (χ1n) is 13.8. The maximum atomic E-state index is 14.1. The van der Waals surface area contributed by atoms with E-state index in [0.29, 0.717) is 42.0 Å². The Balaban J connectivity index is 0.00000442. The molecule has 9 nitrogen and oxygen atoms in total. The van der Waals surface area contributed by atoms with E-state index < -0.39 is 17.6 Å². The molecule has 1 saturated heterocycles. The van der Waals surface area contributed by atoms with E-state index in [9.17, 15) is 18.0 Å². The van der Waals surface area contributed by atoms with E-state index >= 15 is 0 Å². The molecule has 0 bridgehead atoms. The number of hydrogen-bond acceptors (Lipinski definition) is 8. The molecule has 1 aliphatic heterocycles. The second kappa shape index (κ2) is 13.7. The maximum absolute atomic E-state index is 14.1. The first-order chi connectivity index (χ1) is 20.5. The van der Waals surface area contributed by atoms with E-state index in [2.05, 4.69) is 42.4 Å². The van der Waals surface area contributed by atoms with Crippen LogP contribution in [0.3, 0.4) is 0 Å². The van der Waals surface area contributed by atoms with Crippen molar-refractivity contribution in [2.24, 2.45) is 5.92 Å². The number of anilines is 3. The average molecular weight is 627 g/mol. The summed E-state index contributed by atoms with van der Waals surface area (Å²) < 4.78 is 42.4. The summed E-state index contributed by atoms with van der Waals surface area (Å²) in [6.45, 7) is 5.55. The summed E-state index contributed by atoms with van der Waals surface area (Å²) in [5.41, 5.74) is 2.52. The van der Waals surface area contributed by atoms with Gasteiger partial charge in [0.25, 0.3) is 5.91 Å². The van der Waals surface area contributed by atoms with Crippen molar-refractivity contribution in [1.82, 2.24) is 29.7 Å². The van der Waals surface area contributed by atoms with Crippen LogP contribution in [0.25, 0.3) is 11.3 Å². The topological polar surface area (TPSA) is 99.2 Å². The molecule has 44 heavy (non-hydrogen) atoms. The second-order valence-electron chi connectivity index (χ2n) is 11.1. The van der Waals surface area contributed by atoms with Crippen molar-refractivity contribution in [1.29, 1.82) is 0 Å². The third-order valence-electron chi connectivity index (χ3n) is 7.64. The summed E-state index contributed by atoms with van der Waals surface area (Å²) in [6.07, 6.45) is 1.72. The molecular weight excluding hydrogens is 593 g/mol. The van der Waals surface area contributed by atoms with Crippen LogP contribution < -0.4 is 10.6 Å². The second-order valence-corrected chi connectivity index (χ2v) is 11.1. The molecule has 1 amide bonds. The lowest BCUT2D eigenvalue weighted by Gasteiger charge is -2.23. The lowest BCUT2D eigenvalue weighted by molar-refractivity contribution is -0.138. The predicted molar refractivity (Wildman–Crippen MR) is 166 cm³/mol. The number of aromatic nitrogens is 4. The Morgan fingerprint density at radius 3 is 2.50 bits per heavy atom. The molecule has 0 unspecified atom stereocenters. The van der Waals surface area contributed by atoms with Crippen LogP contribution in [0.1, 0.15) is 34.0 Å². The molecule has 5 rings (SSSR count). The molecule has 4 aromatic rings. The van der Waals surface area contributed by atoms with E-state index in [1.165, 1.54) is 18.5 Å². The van der Waals surface area contributed by atoms with Crippen molar-refractivity contribution < 1.29 is 18.0 Å². The van der Waals surface area contributed by atoms with Crippen molar-refractivity contribution >= 4 is 35.6 Å². The molecule has 232 valence electrons. The van der Waals surface area contributed by atoms with Gasteiger partial charge in [-0.2, -0.15) is 13.2 Å². The smallest absolute Gasteiger partial charge is 0.324 e. The molecule has 0 radical (unpaired) electrons. The van der Waals surface area contributed by atoms with Gasteiger partial charge in [-0.1, -0.05) is 19.1 Å². The van der Waals surface area contributed by atoms with E-state index in [-0.39, 0.29) is 36.1 Å².